The molecule has 1 heterocycles. The molecule has 1 aromatic heterocycles. The number of benzene rings is 1. The van der Waals surface area contributed by atoms with Gasteiger partial charge in [-0.3, -0.25) is 4.79 Å². The van der Waals surface area contributed by atoms with E-state index in [1.807, 2.05) is 11.6 Å². The average Bonchev–Trinajstić information content (AvgIpc) is 2.25. The van der Waals surface area contributed by atoms with Crippen molar-refractivity contribution in [3.63, 3.8) is 0 Å². The van der Waals surface area contributed by atoms with Gasteiger partial charge in [0, 0.05) is 24.2 Å². The van der Waals surface area contributed by atoms with Crippen molar-refractivity contribution in [3.05, 3.63) is 45.7 Å². The van der Waals surface area contributed by atoms with Gasteiger partial charge in [0.25, 0.3) is 0 Å². The maximum Gasteiger partial charge on any atom is 0.192 e. The van der Waals surface area contributed by atoms with Gasteiger partial charge < -0.3 is 4.57 Å². The Balaban J connectivity index is 3.11. The second-order valence-electron chi connectivity index (χ2n) is 3.57. The first-order valence-corrected chi connectivity index (χ1v) is 4.64. The van der Waals surface area contributed by atoms with Gasteiger partial charge in [-0.1, -0.05) is 6.07 Å². The molecule has 0 unspecified atom stereocenters. The zero-order chi connectivity index (χ0) is 11.0. The van der Waals surface area contributed by atoms with Crippen molar-refractivity contribution in [3.8, 4) is 6.07 Å². The summed E-state index contributed by atoms with van der Waals surface area (Å²) in [6.45, 7) is 1.78. The van der Waals surface area contributed by atoms with E-state index in [0.717, 1.165) is 0 Å². The number of nitrogens with zero attached hydrogens (tertiary/aromatic N) is 2. The van der Waals surface area contributed by atoms with Crippen LogP contribution in [0.3, 0.4) is 0 Å². The van der Waals surface area contributed by atoms with Crippen LogP contribution in [0, 0.1) is 18.3 Å². The van der Waals surface area contributed by atoms with Crippen LogP contribution in [0.1, 0.15) is 11.1 Å². The molecule has 0 amide bonds. The summed E-state index contributed by atoms with van der Waals surface area (Å²) in [4.78, 5) is 11.8. The zero-order valence-corrected chi connectivity index (χ0v) is 8.61. The van der Waals surface area contributed by atoms with E-state index in [9.17, 15) is 4.79 Å². The summed E-state index contributed by atoms with van der Waals surface area (Å²) in [7, 11) is 1.84. The van der Waals surface area contributed by atoms with Gasteiger partial charge in [0.2, 0.25) is 0 Å². The third kappa shape index (κ3) is 1.31. The minimum Gasteiger partial charge on any atom is -0.349 e. The van der Waals surface area contributed by atoms with Crippen LogP contribution < -0.4 is 5.43 Å². The highest BCUT2D eigenvalue weighted by molar-refractivity contribution is 5.84. The summed E-state index contributed by atoms with van der Waals surface area (Å²) in [6, 6.07) is 7.31. The first-order chi connectivity index (χ1) is 7.15. The molecule has 0 N–H and O–H groups in total. The first kappa shape index (κ1) is 9.47. The number of para-hydroxylation sites is 1. The molecule has 0 bridgehead atoms. The van der Waals surface area contributed by atoms with E-state index in [4.69, 9.17) is 5.26 Å². The molecular weight excluding hydrogens is 188 g/mol. The van der Waals surface area contributed by atoms with Crippen LogP contribution in [-0.4, -0.2) is 4.57 Å². The lowest BCUT2D eigenvalue weighted by atomic mass is 10.1. The predicted octanol–water partition coefficient (Wildman–Crippen LogP) is 1.72. The summed E-state index contributed by atoms with van der Waals surface area (Å²) >= 11 is 0. The fourth-order valence-corrected chi connectivity index (χ4v) is 1.82. The Hall–Kier alpha value is -2.08. The normalized spacial score (nSPS) is 10.2. The largest absolute Gasteiger partial charge is 0.349 e. The lowest BCUT2D eigenvalue weighted by molar-refractivity contribution is 0.937. The number of nitriles is 1. The highest BCUT2D eigenvalue weighted by Crippen LogP contribution is 2.14. The Labute approximate surface area is 87.2 Å². The molecule has 0 aliphatic heterocycles. The Kier molecular flexibility index (Phi) is 2.05. The third-order valence-corrected chi connectivity index (χ3v) is 2.50. The van der Waals surface area contributed by atoms with Gasteiger partial charge in [0.05, 0.1) is 11.1 Å². The molecule has 0 atom stereocenters. The molecule has 0 spiro atoms. The van der Waals surface area contributed by atoms with Gasteiger partial charge in [-0.05, 0) is 19.1 Å². The molecule has 74 valence electrons. The Bertz CT molecular complexity index is 632. The Morgan fingerprint density at radius 1 is 1.40 bits per heavy atom. The second kappa shape index (κ2) is 3.25. The molecule has 2 aromatic rings. The summed E-state index contributed by atoms with van der Waals surface area (Å²) in [6.07, 6.45) is 1.76. The Morgan fingerprint density at radius 3 is 2.80 bits per heavy atom. The van der Waals surface area contributed by atoms with Crippen molar-refractivity contribution < 1.29 is 0 Å². The minimum atomic E-state index is 0.000185. The van der Waals surface area contributed by atoms with Gasteiger partial charge in [0.15, 0.2) is 5.43 Å². The van der Waals surface area contributed by atoms with Crippen LogP contribution in [0.25, 0.3) is 10.9 Å². The molecular formula is C12H10N2O. The molecule has 0 radical (unpaired) electrons. The predicted molar refractivity (Wildman–Crippen MR) is 58.6 cm³/mol. The van der Waals surface area contributed by atoms with Crippen molar-refractivity contribution in [2.24, 2.45) is 7.05 Å². The standard InChI is InChI=1S/C12H10N2O/c1-8-7-14(2)11-9(6-13)4-3-5-10(11)12(8)15/h3-5,7H,1-2H3. The number of aryl methyl sites for hydroxylation is 2. The van der Waals surface area contributed by atoms with Gasteiger partial charge in [-0.15, -0.1) is 0 Å². The van der Waals surface area contributed by atoms with E-state index in [-0.39, 0.29) is 5.43 Å². The maximum absolute atomic E-state index is 11.8. The van der Waals surface area contributed by atoms with Gasteiger partial charge in [0.1, 0.15) is 6.07 Å². The van der Waals surface area contributed by atoms with Gasteiger partial charge >= 0.3 is 0 Å². The molecule has 0 aliphatic rings. The monoisotopic (exact) mass is 198 g/mol. The van der Waals surface area contributed by atoms with E-state index in [1.165, 1.54) is 0 Å². The number of fused-ring (bicyclic) bond motifs is 1. The zero-order valence-electron chi connectivity index (χ0n) is 8.61. The third-order valence-electron chi connectivity index (χ3n) is 2.50. The van der Waals surface area contributed by atoms with Crippen molar-refractivity contribution in [1.29, 1.82) is 5.26 Å². The summed E-state index contributed by atoms with van der Waals surface area (Å²) in [5, 5.41) is 9.56. The maximum atomic E-state index is 11.8. The van der Waals surface area contributed by atoms with E-state index in [1.54, 1.807) is 31.3 Å². The van der Waals surface area contributed by atoms with E-state index in [0.29, 0.717) is 22.0 Å². The lowest BCUT2D eigenvalue weighted by Crippen LogP contribution is -2.11. The number of rotatable bonds is 0. The lowest BCUT2D eigenvalue weighted by Gasteiger charge is -2.07. The average molecular weight is 198 g/mol. The number of hydrogen-bond acceptors (Lipinski definition) is 2. The molecule has 0 aliphatic carbocycles. The molecule has 3 nitrogen and oxygen atoms in total. The van der Waals surface area contributed by atoms with Gasteiger partial charge in [-0.2, -0.15) is 5.26 Å². The minimum absolute atomic E-state index is 0.000185. The second-order valence-corrected chi connectivity index (χ2v) is 3.57. The van der Waals surface area contributed by atoms with Crippen molar-refractivity contribution >= 4 is 10.9 Å². The molecule has 0 fully saturated rings. The molecule has 1 aromatic carbocycles. The smallest absolute Gasteiger partial charge is 0.192 e. The van der Waals surface area contributed by atoms with Crippen LogP contribution >= 0.6 is 0 Å². The van der Waals surface area contributed by atoms with Crippen LogP contribution in [0.5, 0.6) is 0 Å². The van der Waals surface area contributed by atoms with E-state index in [2.05, 4.69) is 6.07 Å². The summed E-state index contributed by atoms with van der Waals surface area (Å²) < 4.78 is 1.82. The molecule has 0 saturated carbocycles. The SMILES string of the molecule is Cc1cn(C)c2c(C#N)cccc2c1=O. The van der Waals surface area contributed by atoms with Crippen molar-refractivity contribution in [1.82, 2.24) is 4.57 Å². The van der Waals surface area contributed by atoms with Crippen LogP contribution in [0.2, 0.25) is 0 Å². The molecule has 2 rings (SSSR count). The quantitative estimate of drug-likeness (QED) is 0.647. The fraction of sp³-hybridized carbons (Fsp3) is 0.167. The van der Waals surface area contributed by atoms with E-state index < -0.39 is 0 Å². The first-order valence-electron chi connectivity index (χ1n) is 4.64. The fourth-order valence-electron chi connectivity index (χ4n) is 1.82. The number of pyridine rings is 1. The van der Waals surface area contributed by atoms with Crippen molar-refractivity contribution in [2.75, 3.05) is 0 Å². The molecule has 15 heavy (non-hydrogen) atoms. The molecule has 0 saturated heterocycles. The number of aromatic nitrogens is 1. The van der Waals surface area contributed by atoms with Crippen LogP contribution in [0.15, 0.2) is 29.2 Å². The topological polar surface area (TPSA) is 45.8 Å². The van der Waals surface area contributed by atoms with Crippen LogP contribution in [-0.2, 0) is 7.05 Å². The number of hydrogen-bond donors (Lipinski definition) is 0. The Morgan fingerprint density at radius 2 is 2.13 bits per heavy atom. The van der Waals surface area contributed by atoms with E-state index >= 15 is 0 Å². The van der Waals surface area contributed by atoms with Gasteiger partial charge in [-0.25, -0.2) is 0 Å². The van der Waals surface area contributed by atoms with Crippen LogP contribution in [0.4, 0.5) is 0 Å². The molecule has 3 heteroatoms. The summed E-state index contributed by atoms with van der Waals surface area (Å²) in [5.74, 6) is 0. The van der Waals surface area contributed by atoms with Crippen molar-refractivity contribution in [2.45, 2.75) is 6.92 Å². The summed E-state index contributed by atoms with van der Waals surface area (Å²) in [5.41, 5.74) is 1.93. The highest BCUT2D eigenvalue weighted by Gasteiger charge is 2.07. The highest BCUT2D eigenvalue weighted by atomic mass is 16.1.